The van der Waals surface area contributed by atoms with E-state index < -0.39 is 6.23 Å². The van der Waals surface area contributed by atoms with Crippen molar-refractivity contribution in [3.05, 3.63) is 83.7 Å². The molecular weight excluding hydrogens is 468 g/mol. The molecule has 5 rings (SSSR count). The summed E-state index contributed by atoms with van der Waals surface area (Å²) in [6.07, 6.45) is 2.79. The van der Waals surface area contributed by atoms with Gasteiger partial charge in [-0.3, -0.25) is 9.78 Å². The van der Waals surface area contributed by atoms with Crippen molar-refractivity contribution in [2.75, 3.05) is 24.1 Å². The fraction of sp³-hybridized carbons (Fsp3) is 0.296. The summed E-state index contributed by atoms with van der Waals surface area (Å²) in [5.74, 6) is 7.56. The van der Waals surface area contributed by atoms with Crippen LogP contribution in [0, 0.1) is 5.92 Å². The lowest BCUT2D eigenvalue weighted by atomic mass is 9.85. The minimum absolute atomic E-state index is 0.100. The number of nitrogens with two attached hydrogens (primary N) is 3. The minimum atomic E-state index is -0.411. The SMILES string of the molecule is C/C(N)=N/N(N)C(c1ccccc1)C1CCN(C(=O)c2cc(C3Nc4cc(N)ccc4O3)ccn2)CC1. The van der Waals surface area contributed by atoms with E-state index >= 15 is 0 Å². The van der Waals surface area contributed by atoms with E-state index in [9.17, 15) is 4.79 Å². The Bertz CT molecular complexity index is 1290. The Labute approximate surface area is 216 Å². The molecule has 1 aromatic heterocycles. The number of benzene rings is 2. The molecular formula is C27H32N8O2. The fourth-order valence-electron chi connectivity index (χ4n) is 5.05. The van der Waals surface area contributed by atoms with E-state index in [1.165, 1.54) is 5.12 Å². The van der Waals surface area contributed by atoms with Gasteiger partial charge in [0.25, 0.3) is 5.91 Å². The number of amidine groups is 1. The Morgan fingerprint density at radius 1 is 1.16 bits per heavy atom. The van der Waals surface area contributed by atoms with Gasteiger partial charge in [-0.1, -0.05) is 30.3 Å². The molecule has 0 radical (unpaired) electrons. The number of aromatic nitrogens is 1. The zero-order valence-corrected chi connectivity index (χ0v) is 20.7. The molecule has 1 amide bonds. The molecule has 0 bridgehead atoms. The molecule has 1 fully saturated rings. The summed E-state index contributed by atoms with van der Waals surface area (Å²) in [5, 5.41) is 9.05. The maximum absolute atomic E-state index is 13.4. The zero-order valence-electron chi connectivity index (χ0n) is 20.7. The lowest BCUT2D eigenvalue weighted by Crippen LogP contribution is -2.44. The van der Waals surface area contributed by atoms with Crippen molar-refractivity contribution < 1.29 is 9.53 Å². The highest BCUT2D eigenvalue weighted by molar-refractivity contribution is 5.92. The molecule has 2 unspecified atom stereocenters. The molecule has 1 saturated heterocycles. The van der Waals surface area contributed by atoms with Gasteiger partial charge in [-0.15, -0.1) is 5.10 Å². The second kappa shape index (κ2) is 10.4. The molecule has 2 aliphatic rings. The summed E-state index contributed by atoms with van der Waals surface area (Å²) < 4.78 is 6.01. The van der Waals surface area contributed by atoms with Crippen LogP contribution in [0.5, 0.6) is 5.75 Å². The van der Waals surface area contributed by atoms with Crippen LogP contribution in [0.15, 0.2) is 72.0 Å². The summed E-state index contributed by atoms with van der Waals surface area (Å²) in [6.45, 7) is 2.91. The third-order valence-electron chi connectivity index (χ3n) is 6.81. The van der Waals surface area contributed by atoms with Crippen molar-refractivity contribution in [2.45, 2.75) is 32.0 Å². The van der Waals surface area contributed by atoms with E-state index in [1.54, 1.807) is 25.3 Å². The number of carbonyl (C=O) groups is 1. The molecule has 2 aliphatic heterocycles. The number of rotatable bonds is 6. The Hall–Kier alpha value is -4.31. The molecule has 2 atom stereocenters. The van der Waals surface area contributed by atoms with E-state index in [0.29, 0.717) is 30.3 Å². The van der Waals surface area contributed by atoms with Gasteiger partial charge in [0.2, 0.25) is 0 Å². The number of nitrogens with zero attached hydrogens (tertiary/aromatic N) is 4. The number of likely N-dealkylation sites (tertiary alicyclic amines) is 1. The van der Waals surface area contributed by atoms with Crippen LogP contribution in [0.25, 0.3) is 0 Å². The largest absolute Gasteiger partial charge is 0.464 e. The third-order valence-corrected chi connectivity index (χ3v) is 6.81. The number of carbonyl (C=O) groups excluding carboxylic acids is 1. The van der Waals surface area contributed by atoms with Gasteiger partial charge in [0.05, 0.1) is 11.7 Å². The van der Waals surface area contributed by atoms with Gasteiger partial charge in [-0.2, -0.15) is 0 Å². The number of fused-ring (bicyclic) bond motifs is 1. The number of nitrogens with one attached hydrogen (secondary N) is 1. The van der Waals surface area contributed by atoms with E-state index in [0.717, 1.165) is 35.4 Å². The second-order valence-electron chi connectivity index (χ2n) is 9.48. The number of hydrogen-bond donors (Lipinski definition) is 4. The van der Waals surface area contributed by atoms with Gasteiger partial charge in [0.15, 0.2) is 6.23 Å². The van der Waals surface area contributed by atoms with Crippen molar-refractivity contribution in [2.24, 2.45) is 22.6 Å². The van der Waals surface area contributed by atoms with Gasteiger partial charge in [-0.05, 0) is 61.6 Å². The zero-order chi connectivity index (χ0) is 25.9. The highest BCUT2D eigenvalue weighted by Gasteiger charge is 2.33. The quantitative estimate of drug-likeness (QED) is 0.133. The average molecular weight is 501 g/mol. The lowest BCUT2D eigenvalue weighted by molar-refractivity contribution is 0.0575. The number of ether oxygens (including phenoxy) is 1. The summed E-state index contributed by atoms with van der Waals surface area (Å²) in [7, 11) is 0. The van der Waals surface area contributed by atoms with Crippen LogP contribution in [0.4, 0.5) is 11.4 Å². The normalized spacial score (nSPS) is 18.5. The topological polar surface area (TPSA) is 148 Å². The number of piperidine rings is 1. The van der Waals surface area contributed by atoms with Gasteiger partial charge in [0, 0.05) is 30.5 Å². The lowest BCUT2D eigenvalue weighted by Gasteiger charge is -2.38. The van der Waals surface area contributed by atoms with Crippen LogP contribution in [0.2, 0.25) is 0 Å². The van der Waals surface area contributed by atoms with Gasteiger partial charge < -0.3 is 26.4 Å². The highest BCUT2D eigenvalue weighted by atomic mass is 16.5. The molecule has 0 spiro atoms. The molecule has 3 aromatic rings. The van der Waals surface area contributed by atoms with Crippen molar-refractivity contribution in [3.63, 3.8) is 0 Å². The molecule has 10 nitrogen and oxygen atoms in total. The van der Waals surface area contributed by atoms with Crippen LogP contribution in [0.1, 0.15) is 53.7 Å². The Morgan fingerprint density at radius 2 is 1.92 bits per heavy atom. The minimum Gasteiger partial charge on any atom is -0.464 e. The average Bonchev–Trinajstić information content (AvgIpc) is 3.32. The van der Waals surface area contributed by atoms with E-state index in [-0.39, 0.29) is 17.9 Å². The molecule has 37 heavy (non-hydrogen) atoms. The fourth-order valence-corrected chi connectivity index (χ4v) is 5.05. The molecule has 2 aromatic carbocycles. The number of hydrazine groups is 1. The predicted octanol–water partition coefficient (Wildman–Crippen LogP) is 3.23. The molecule has 7 N–H and O–H groups in total. The molecule has 10 heteroatoms. The van der Waals surface area contributed by atoms with Crippen molar-refractivity contribution >= 4 is 23.1 Å². The van der Waals surface area contributed by atoms with Crippen molar-refractivity contribution in [1.82, 2.24) is 15.0 Å². The Kier molecular flexibility index (Phi) is 6.82. The Balaban J connectivity index is 1.26. The van der Waals surface area contributed by atoms with Crippen molar-refractivity contribution in [3.8, 4) is 5.75 Å². The highest BCUT2D eigenvalue weighted by Crippen LogP contribution is 2.39. The summed E-state index contributed by atoms with van der Waals surface area (Å²) in [4.78, 5) is 19.6. The van der Waals surface area contributed by atoms with Crippen LogP contribution >= 0.6 is 0 Å². The van der Waals surface area contributed by atoms with E-state index in [1.807, 2.05) is 53.4 Å². The first-order valence-corrected chi connectivity index (χ1v) is 12.4. The first-order valence-electron chi connectivity index (χ1n) is 12.4. The smallest absolute Gasteiger partial charge is 0.272 e. The first-order chi connectivity index (χ1) is 17.9. The number of pyridine rings is 1. The third kappa shape index (κ3) is 5.29. The molecule has 3 heterocycles. The van der Waals surface area contributed by atoms with E-state index in [2.05, 4.69) is 15.4 Å². The van der Waals surface area contributed by atoms with Gasteiger partial charge in [-0.25, -0.2) is 11.0 Å². The number of hydrazone groups is 1. The van der Waals surface area contributed by atoms with Crippen LogP contribution in [-0.4, -0.2) is 39.8 Å². The number of amides is 1. The van der Waals surface area contributed by atoms with Crippen LogP contribution < -0.4 is 27.4 Å². The Morgan fingerprint density at radius 3 is 2.65 bits per heavy atom. The number of hydrogen-bond acceptors (Lipinski definition) is 8. The molecule has 0 saturated carbocycles. The first kappa shape index (κ1) is 24.4. The second-order valence-corrected chi connectivity index (χ2v) is 9.48. The van der Waals surface area contributed by atoms with Gasteiger partial charge >= 0.3 is 0 Å². The molecule has 0 aliphatic carbocycles. The maximum atomic E-state index is 13.4. The standard InChI is InChI=1S/C27H32N8O2/c1-17(28)33-35(30)25(18-5-3-2-4-6-18)19-10-13-34(14-11-19)27(36)23-15-20(9-12-31-23)26-32-22-16-21(29)7-8-24(22)37-26/h2-9,12,15-16,19,25-26,32H,10-11,13-14,29-30H2,1H3,(H2,28,33). The summed E-state index contributed by atoms with van der Waals surface area (Å²) in [6, 6.07) is 19.0. The number of nitrogen functional groups attached to an aromatic ring is 1. The van der Waals surface area contributed by atoms with Crippen LogP contribution in [-0.2, 0) is 0 Å². The summed E-state index contributed by atoms with van der Waals surface area (Å²) in [5.41, 5.74) is 15.4. The number of anilines is 2. The van der Waals surface area contributed by atoms with Crippen LogP contribution in [0.3, 0.4) is 0 Å². The monoisotopic (exact) mass is 500 g/mol. The van der Waals surface area contributed by atoms with Gasteiger partial charge in [0.1, 0.15) is 17.3 Å². The summed E-state index contributed by atoms with van der Waals surface area (Å²) >= 11 is 0. The predicted molar refractivity (Wildman–Crippen MR) is 143 cm³/mol. The maximum Gasteiger partial charge on any atom is 0.272 e. The van der Waals surface area contributed by atoms with Crippen molar-refractivity contribution in [1.29, 1.82) is 0 Å². The van der Waals surface area contributed by atoms with E-state index in [4.69, 9.17) is 22.0 Å². The molecule has 192 valence electrons.